The molecule has 3 rings (SSSR count). The van der Waals surface area contributed by atoms with E-state index in [4.69, 9.17) is 0 Å². The molecule has 3 heterocycles. The van der Waals surface area contributed by atoms with Crippen molar-refractivity contribution in [1.82, 2.24) is 19.6 Å². The van der Waals surface area contributed by atoms with E-state index in [1.54, 1.807) is 21.3 Å². The van der Waals surface area contributed by atoms with Crippen LogP contribution in [0, 0.1) is 0 Å². The molecule has 7 heteroatoms. The van der Waals surface area contributed by atoms with Crippen molar-refractivity contribution in [2.24, 2.45) is 7.05 Å². The number of carbonyl (C=O) groups is 2. The van der Waals surface area contributed by atoms with Gasteiger partial charge in [-0.1, -0.05) is 0 Å². The lowest BCUT2D eigenvalue weighted by molar-refractivity contribution is -0.138. The Kier molecular flexibility index (Phi) is 3.69. The molecule has 6 nitrogen and oxygen atoms in total. The Bertz CT molecular complexity index is 530. The minimum absolute atomic E-state index is 0.0483. The van der Waals surface area contributed by atoms with Crippen LogP contribution in [-0.4, -0.2) is 56.1 Å². The van der Waals surface area contributed by atoms with E-state index in [-0.39, 0.29) is 24.4 Å². The third-order valence-corrected chi connectivity index (χ3v) is 4.78. The van der Waals surface area contributed by atoms with Gasteiger partial charge in [0.1, 0.15) is 6.54 Å². The second-order valence-electron chi connectivity index (χ2n) is 5.26. The van der Waals surface area contributed by atoms with Gasteiger partial charge < -0.3 is 9.80 Å². The summed E-state index contributed by atoms with van der Waals surface area (Å²) >= 11 is 1.57. The number of hydrogen-bond donors (Lipinski definition) is 0. The number of thioether (sulfide) groups is 1. The molecular formula is C13H18N4O2S. The van der Waals surface area contributed by atoms with Crippen LogP contribution >= 0.6 is 11.8 Å². The summed E-state index contributed by atoms with van der Waals surface area (Å²) in [5, 5.41) is 4.18. The second kappa shape index (κ2) is 5.47. The number of aromatic nitrogens is 2. The van der Waals surface area contributed by atoms with Gasteiger partial charge >= 0.3 is 0 Å². The number of likely N-dealkylation sites (tertiary alicyclic amines) is 1. The average molecular weight is 294 g/mol. The van der Waals surface area contributed by atoms with E-state index in [2.05, 4.69) is 5.10 Å². The van der Waals surface area contributed by atoms with Crippen molar-refractivity contribution in [1.29, 1.82) is 0 Å². The molecule has 1 aromatic heterocycles. The van der Waals surface area contributed by atoms with Crippen molar-refractivity contribution in [3.63, 3.8) is 0 Å². The maximum Gasteiger partial charge on any atom is 0.242 e. The maximum atomic E-state index is 12.4. The highest BCUT2D eigenvalue weighted by Gasteiger charge is 2.33. The lowest BCUT2D eigenvalue weighted by Crippen LogP contribution is -2.40. The largest absolute Gasteiger partial charge is 0.334 e. The van der Waals surface area contributed by atoms with E-state index < -0.39 is 0 Å². The molecule has 0 aliphatic carbocycles. The molecule has 0 saturated carbocycles. The van der Waals surface area contributed by atoms with E-state index in [1.807, 2.05) is 24.3 Å². The number of amides is 2. The SMILES string of the molecule is Cn1cc(C2CCCN2C(=O)CN2CSCC2=O)cn1. The van der Waals surface area contributed by atoms with Crippen LogP contribution < -0.4 is 0 Å². The van der Waals surface area contributed by atoms with Crippen LogP contribution in [0.15, 0.2) is 12.4 Å². The molecule has 2 saturated heterocycles. The predicted molar refractivity (Wildman–Crippen MR) is 75.9 cm³/mol. The molecule has 0 spiro atoms. The van der Waals surface area contributed by atoms with Crippen LogP contribution in [0.4, 0.5) is 0 Å². The predicted octanol–water partition coefficient (Wildman–Crippen LogP) is 0.616. The Balaban J connectivity index is 1.68. The summed E-state index contributed by atoms with van der Waals surface area (Å²) < 4.78 is 1.76. The van der Waals surface area contributed by atoms with Gasteiger partial charge in [0.2, 0.25) is 11.8 Å². The van der Waals surface area contributed by atoms with Crippen molar-refractivity contribution < 1.29 is 9.59 Å². The quantitative estimate of drug-likeness (QED) is 0.820. The lowest BCUT2D eigenvalue weighted by Gasteiger charge is -2.26. The fraction of sp³-hybridized carbons (Fsp3) is 0.615. The van der Waals surface area contributed by atoms with Gasteiger partial charge in [-0.2, -0.15) is 5.10 Å². The third-order valence-electron chi connectivity index (χ3n) is 3.83. The van der Waals surface area contributed by atoms with E-state index >= 15 is 0 Å². The molecule has 0 radical (unpaired) electrons. The molecule has 0 aromatic carbocycles. The highest BCUT2D eigenvalue weighted by atomic mass is 32.2. The van der Waals surface area contributed by atoms with Crippen LogP contribution in [0.2, 0.25) is 0 Å². The van der Waals surface area contributed by atoms with Crippen molar-refractivity contribution >= 4 is 23.6 Å². The number of aryl methyl sites for hydroxylation is 1. The monoisotopic (exact) mass is 294 g/mol. The third kappa shape index (κ3) is 2.54. The highest BCUT2D eigenvalue weighted by Crippen LogP contribution is 2.31. The second-order valence-corrected chi connectivity index (χ2v) is 6.22. The molecule has 2 aliphatic rings. The number of rotatable bonds is 3. The molecule has 1 unspecified atom stereocenters. The van der Waals surface area contributed by atoms with Crippen molar-refractivity contribution in [3.05, 3.63) is 18.0 Å². The summed E-state index contributed by atoms with van der Waals surface area (Å²) in [6.07, 6.45) is 5.77. The standard InChI is InChI=1S/C13H18N4O2S/c1-15-6-10(5-14-15)11-3-2-4-17(11)12(18)7-16-9-20-8-13(16)19/h5-6,11H,2-4,7-9H2,1H3. The zero-order valence-electron chi connectivity index (χ0n) is 11.5. The zero-order chi connectivity index (χ0) is 14.1. The van der Waals surface area contributed by atoms with Crippen molar-refractivity contribution in [2.75, 3.05) is 24.7 Å². The van der Waals surface area contributed by atoms with Crippen LogP contribution in [0.3, 0.4) is 0 Å². The molecule has 2 amide bonds. The first-order valence-corrected chi connectivity index (χ1v) is 7.94. The summed E-state index contributed by atoms with van der Waals surface area (Å²) in [5.41, 5.74) is 1.08. The van der Waals surface area contributed by atoms with Crippen LogP contribution in [0.5, 0.6) is 0 Å². The fourth-order valence-corrected chi connectivity index (χ4v) is 3.72. The summed E-state index contributed by atoms with van der Waals surface area (Å²) in [5.74, 6) is 1.25. The molecule has 20 heavy (non-hydrogen) atoms. The summed E-state index contributed by atoms with van der Waals surface area (Å²) in [7, 11) is 1.88. The minimum Gasteiger partial charge on any atom is -0.334 e. The van der Waals surface area contributed by atoms with Gasteiger partial charge in [-0.25, -0.2) is 0 Å². The van der Waals surface area contributed by atoms with Crippen LogP contribution in [-0.2, 0) is 16.6 Å². The van der Waals surface area contributed by atoms with Crippen molar-refractivity contribution in [2.45, 2.75) is 18.9 Å². The zero-order valence-corrected chi connectivity index (χ0v) is 12.3. The van der Waals surface area contributed by atoms with E-state index in [0.29, 0.717) is 11.6 Å². The molecule has 2 aliphatic heterocycles. The topological polar surface area (TPSA) is 58.4 Å². The molecule has 0 N–H and O–H groups in total. The summed E-state index contributed by atoms with van der Waals surface area (Å²) in [6, 6.07) is 0.113. The van der Waals surface area contributed by atoms with Gasteiger partial charge in [-0.3, -0.25) is 14.3 Å². The van der Waals surface area contributed by atoms with E-state index in [0.717, 1.165) is 24.9 Å². The average Bonchev–Trinajstić information content (AvgIpc) is 3.11. The first-order chi connectivity index (χ1) is 9.65. The van der Waals surface area contributed by atoms with Gasteiger partial charge in [-0.15, -0.1) is 11.8 Å². The van der Waals surface area contributed by atoms with E-state index in [1.165, 1.54) is 0 Å². The maximum absolute atomic E-state index is 12.4. The Morgan fingerprint density at radius 3 is 3.05 bits per heavy atom. The van der Waals surface area contributed by atoms with Gasteiger partial charge in [0.25, 0.3) is 0 Å². The molecule has 0 bridgehead atoms. The smallest absolute Gasteiger partial charge is 0.242 e. The number of nitrogens with zero attached hydrogens (tertiary/aromatic N) is 4. The highest BCUT2D eigenvalue weighted by molar-refractivity contribution is 8.00. The molecule has 2 fully saturated rings. The Labute approximate surface area is 122 Å². The first kappa shape index (κ1) is 13.5. The Hall–Kier alpha value is -1.50. The number of carbonyl (C=O) groups excluding carboxylic acids is 2. The van der Waals surface area contributed by atoms with Gasteiger partial charge in [-0.05, 0) is 12.8 Å². The molecule has 1 atom stereocenters. The molecule has 1 aromatic rings. The van der Waals surface area contributed by atoms with Gasteiger partial charge in [0.15, 0.2) is 0 Å². The van der Waals surface area contributed by atoms with Gasteiger partial charge in [0, 0.05) is 25.4 Å². The van der Waals surface area contributed by atoms with Gasteiger partial charge in [0.05, 0.1) is 23.9 Å². The minimum atomic E-state index is 0.0483. The summed E-state index contributed by atoms with van der Waals surface area (Å²) in [4.78, 5) is 27.6. The van der Waals surface area contributed by atoms with Crippen LogP contribution in [0.1, 0.15) is 24.4 Å². The molecule has 108 valence electrons. The van der Waals surface area contributed by atoms with Crippen molar-refractivity contribution in [3.8, 4) is 0 Å². The first-order valence-electron chi connectivity index (χ1n) is 6.78. The summed E-state index contributed by atoms with van der Waals surface area (Å²) in [6.45, 7) is 0.982. The number of hydrogen-bond acceptors (Lipinski definition) is 4. The Morgan fingerprint density at radius 1 is 1.55 bits per heavy atom. The fourth-order valence-electron chi connectivity index (χ4n) is 2.82. The lowest BCUT2D eigenvalue weighted by atomic mass is 10.1. The molecular weight excluding hydrogens is 276 g/mol. The Morgan fingerprint density at radius 2 is 2.40 bits per heavy atom. The normalized spacial score (nSPS) is 22.9. The van der Waals surface area contributed by atoms with E-state index in [9.17, 15) is 9.59 Å². The van der Waals surface area contributed by atoms with Crippen LogP contribution in [0.25, 0.3) is 0 Å².